The van der Waals surface area contributed by atoms with E-state index in [1.165, 1.54) is 13.8 Å². The van der Waals surface area contributed by atoms with Gasteiger partial charge in [0, 0.05) is 41.9 Å². The Morgan fingerprint density at radius 1 is 0.920 bits per heavy atom. The summed E-state index contributed by atoms with van der Waals surface area (Å²) in [4.78, 5) is 36.8. The molecule has 0 radical (unpaired) electrons. The zero-order chi connectivity index (χ0) is 18.4. The highest BCUT2D eigenvalue weighted by atomic mass is 35.5. The Balaban J connectivity index is 1.97. The van der Waals surface area contributed by atoms with Crippen molar-refractivity contribution in [3.63, 3.8) is 0 Å². The summed E-state index contributed by atoms with van der Waals surface area (Å²) in [6.07, 6.45) is 0. The minimum absolute atomic E-state index is 0.0313. The van der Waals surface area contributed by atoms with Gasteiger partial charge in [-0.25, -0.2) is 0 Å². The largest absolute Gasteiger partial charge is 0.350 e. The number of halogens is 1. The molecule has 0 aliphatic carbocycles. The maximum atomic E-state index is 12.1. The van der Waals surface area contributed by atoms with Gasteiger partial charge in [0.25, 0.3) is 5.91 Å². The Labute approximate surface area is 151 Å². The molecule has 0 aliphatic heterocycles. The fraction of sp³-hybridized carbons (Fsp3) is 0.211. The van der Waals surface area contributed by atoms with E-state index in [1.807, 2.05) is 0 Å². The van der Waals surface area contributed by atoms with Crippen LogP contribution in [0.2, 0.25) is 5.02 Å². The summed E-state index contributed by atoms with van der Waals surface area (Å²) >= 11 is 5.80. The smallest absolute Gasteiger partial charge is 0.251 e. The van der Waals surface area contributed by atoms with Gasteiger partial charge in [0.1, 0.15) is 0 Å². The van der Waals surface area contributed by atoms with Crippen LogP contribution in [0.4, 0.5) is 5.69 Å². The molecule has 0 aromatic heterocycles. The van der Waals surface area contributed by atoms with Crippen molar-refractivity contribution in [1.82, 2.24) is 5.32 Å². The Hall–Kier alpha value is -2.66. The summed E-state index contributed by atoms with van der Waals surface area (Å²) < 4.78 is 0. The van der Waals surface area contributed by atoms with Crippen molar-refractivity contribution in [2.24, 2.45) is 0 Å². The molecule has 0 heterocycles. The molecule has 0 aliphatic rings. The SMILES string of the molecule is CC(=O)c1ccc(N(CCNC(=O)c2ccc(Cl)cc2)C(C)=O)cc1. The van der Waals surface area contributed by atoms with Crippen molar-refractivity contribution in [2.75, 3.05) is 18.0 Å². The van der Waals surface area contributed by atoms with E-state index in [9.17, 15) is 14.4 Å². The van der Waals surface area contributed by atoms with Gasteiger partial charge in [0.15, 0.2) is 5.78 Å². The van der Waals surface area contributed by atoms with E-state index in [0.29, 0.717) is 34.9 Å². The van der Waals surface area contributed by atoms with Gasteiger partial charge in [-0.1, -0.05) is 11.6 Å². The zero-order valence-corrected chi connectivity index (χ0v) is 14.8. The molecule has 130 valence electrons. The number of amides is 2. The summed E-state index contributed by atoms with van der Waals surface area (Å²) in [5, 5.41) is 3.34. The van der Waals surface area contributed by atoms with E-state index in [4.69, 9.17) is 11.6 Å². The number of carbonyl (C=O) groups excluding carboxylic acids is 3. The first kappa shape index (κ1) is 18.7. The van der Waals surface area contributed by atoms with Crippen molar-refractivity contribution >= 4 is 34.9 Å². The van der Waals surface area contributed by atoms with E-state index in [-0.39, 0.29) is 17.6 Å². The lowest BCUT2D eigenvalue weighted by atomic mass is 10.1. The number of nitrogens with one attached hydrogen (secondary N) is 1. The quantitative estimate of drug-likeness (QED) is 0.805. The second-order valence-electron chi connectivity index (χ2n) is 5.54. The molecular weight excluding hydrogens is 340 g/mol. The lowest BCUT2D eigenvalue weighted by Crippen LogP contribution is -2.37. The zero-order valence-electron chi connectivity index (χ0n) is 14.1. The molecule has 2 amide bonds. The standard InChI is InChI=1S/C19H19ClN2O3/c1-13(23)15-5-9-18(10-6-15)22(14(2)24)12-11-21-19(25)16-3-7-17(20)8-4-16/h3-10H,11-12H2,1-2H3,(H,21,25). The average molecular weight is 359 g/mol. The number of rotatable bonds is 6. The molecule has 6 heteroatoms. The summed E-state index contributed by atoms with van der Waals surface area (Å²) in [5.74, 6) is -0.403. The van der Waals surface area contributed by atoms with E-state index >= 15 is 0 Å². The van der Waals surface area contributed by atoms with Crippen LogP contribution in [0.25, 0.3) is 0 Å². The van der Waals surface area contributed by atoms with Crippen molar-refractivity contribution in [3.8, 4) is 0 Å². The maximum Gasteiger partial charge on any atom is 0.251 e. The van der Waals surface area contributed by atoms with Crippen molar-refractivity contribution < 1.29 is 14.4 Å². The predicted molar refractivity (Wildman–Crippen MR) is 98.3 cm³/mol. The van der Waals surface area contributed by atoms with Gasteiger partial charge in [-0.2, -0.15) is 0 Å². The molecule has 2 aromatic carbocycles. The number of carbonyl (C=O) groups is 3. The average Bonchev–Trinajstić information content (AvgIpc) is 2.59. The molecule has 5 nitrogen and oxygen atoms in total. The fourth-order valence-corrected chi connectivity index (χ4v) is 2.45. The lowest BCUT2D eigenvalue weighted by Gasteiger charge is -2.21. The molecule has 0 saturated heterocycles. The van der Waals surface area contributed by atoms with Crippen LogP contribution in [0.5, 0.6) is 0 Å². The Bertz CT molecular complexity index is 770. The number of hydrogen-bond acceptors (Lipinski definition) is 3. The molecule has 0 fully saturated rings. The number of nitrogens with zero attached hydrogens (tertiary/aromatic N) is 1. The van der Waals surface area contributed by atoms with Gasteiger partial charge in [-0.05, 0) is 55.5 Å². The van der Waals surface area contributed by atoms with E-state index in [0.717, 1.165) is 0 Å². The predicted octanol–water partition coefficient (Wildman–Crippen LogP) is 3.33. The molecular formula is C19H19ClN2O3. The molecule has 0 bridgehead atoms. The summed E-state index contributed by atoms with van der Waals surface area (Å²) in [7, 11) is 0. The van der Waals surface area contributed by atoms with Crippen LogP contribution in [0.3, 0.4) is 0 Å². The Morgan fingerprint density at radius 2 is 1.48 bits per heavy atom. The third-order valence-electron chi connectivity index (χ3n) is 3.69. The van der Waals surface area contributed by atoms with Crippen LogP contribution in [0, 0.1) is 0 Å². The third-order valence-corrected chi connectivity index (χ3v) is 3.94. The number of benzene rings is 2. The van der Waals surface area contributed by atoms with Crippen molar-refractivity contribution in [2.45, 2.75) is 13.8 Å². The van der Waals surface area contributed by atoms with E-state index < -0.39 is 0 Å². The molecule has 1 N–H and O–H groups in total. The second-order valence-corrected chi connectivity index (χ2v) is 5.97. The van der Waals surface area contributed by atoms with Crippen molar-refractivity contribution in [1.29, 1.82) is 0 Å². The van der Waals surface area contributed by atoms with Crippen LogP contribution >= 0.6 is 11.6 Å². The molecule has 0 saturated carbocycles. The number of Topliss-reactive ketones (excluding diaryl/α,β-unsaturated/α-hetero) is 1. The fourth-order valence-electron chi connectivity index (χ4n) is 2.33. The first-order chi connectivity index (χ1) is 11.9. The highest BCUT2D eigenvalue weighted by Crippen LogP contribution is 2.16. The maximum absolute atomic E-state index is 12.1. The van der Waals surface area contributed by atoms with Crippen LogP contribution in [-0.4, -0.2) is 30.7 Å². The van der Waals surface area contributed by atoms with Gasteiger partial charge in [-0.3, -0.25) is 14.4 Å². The van der Waals surface area contributed by atoms with Gasteiger partial charge < -0.3 is 10.2 Å². The minimum atomic E-state index is -0.230. The third kappa shape index (κ3) is 5.16. The van der Waals surface area contributed by atoms with Gasteiger partial charge in [0.05, 0.1) is 0 Å². The Morgan fingerprint density at radius 3 is 2.00 bits per heavy atom. The molecule has 0 spiro atoms. The van der Waals surface area contributed by atoms with E-state index in [1.54, 1.807) is 53.4 Å². The van der Waals surface area contributed by atoms with Crippen molar-refractivity contribution in [3.05, 3.63) is 64.7 Å². The highest BCUT2D eigenvalue weighted by Gasteiger charge is 2.13. The van der Waals surface area contributed by atoms with Crippen LogP contribution in [0.1, 0.15) is 34.6 Å². The summed E-state index contributed by atoms with van der Waals surface area (Å²) in [5.41, 5.74) is 1.77. The summed E-state index contributed by atoms with van der Waals surface area (Å²) in [6, 6.07) is 13.4. The van der Waals surface area contributed by atoms with Gasteiger partial charge >= 0.3 is 0 Å². The normalized spacial score (nSPS) is 10.2. The van der Waals surface area contributed by atoms with E-state index in [2.05, 4.69) is 5.32 Å². The number of anilines is 1. The molecule has 0 unspecified atom stereocenters. The van der Waals surface area contributed by atoms with Gasteiger partial charge in [0.2, 0.25) is 5.91 Å². The molecule has 25 heavy (non-hydrogen) atoms. The monoisotopic (exact) mass is 358 g/mol. The molecule has 0 atom stereocenters. The number of ketones is 1. The van der Waals surface area contributed by atoms with Crippen LogP contribution < -0.4 is 10.2 Å². The molecule has 2 aromatic rings. The second kappa shape index (κ2) is 8.44. The first-order valence-electron chi connectivity index (χ1n) is 7.81. The highest BCUT2D eigenvalue weighted by molar-refractivity contribution is 6.30. The topological polar surface area (TPSA) is 66.5 Å². The number of hydrogen-bond donors (Lipinski definition) is 1. The molecule has 2 rings (SSSR count). The lowest BCUT2D eigenvalue weighted by molar-refractivity contribution is -0.116. The Kier molecular flexibility index (Phi) is 6.31. The van der Waals surface area contributed by atoms with Crippen LogP contribution in [-0.2, 0) is 4.79 Å². The van der Waals surface area contributed by atoms with Crippen LogP contribution in [0.15, 0.2) is 48.5 Å². The summed E-state index contributed by atoms with van der Waals surface area (Å²) in [6.45, 7) is 3.58. The first-order valence-corrected chi connectivity index (χ1v) is 8.19. The van der Waals surface area contributed by atoms with Gasteiger partial charge in [-0.15, -0.1) is 0 Å². The minimum Gasteiger partial charge on any atom is -0.350 e.